The lowest BCUT2D eigenvalue weighted by molar-refractivity contribution is -0.140. The predicted octanol–water partition coefficient (Wildman–Crippen LogP) is 4.29. The van der Waals surface area contributed by atoms with Gasteiger partial charge < -0.3 is 9.47 Å². The molecule has 0 saturated heterocycles. The second-order valence-electron chi connectivity index (χ2n) is 6.55. The summed E-state index contributed by atoms with van der Waals surface area (Å²) in [4.78, 5) is 11.6. The van der Waals surface area contributed by atoms with E-state index in [1.54, 1.807) is 6.92 Å². The lowest BCUT2D eigenvalue weighted by Gasteiger charge is -2.25. The molecule has 0 spiro atoms. The van der Waals surface area contributed by atoms with E-state index in [-0.39, 0.29) is 24.4 Å². The third-order valence-corrected chi connectivity index (χ3v) is 4.80. The highest BCUT2D eigenvalue weighted by Gasteiger charge is 2.20. The number of fused-ring (bicyclic) bond motifs is 1. The summed E-state index contributed by atoms with van der Waals surface area (Å²) in [6.07, 6.45) is 3.51. The molecule has 0 amide bonds. The minimum absolute atomic E-state index is 0.150. The minimum atomic E-state index is -0.251. The number of carbonyl (C=O) groups is 1. The van der Waals surface area contributed by atoms with Crippen LogP contribution in [0, 0.1) is 11.8 Å². The first-order chi connectivity index (χ1) is 12.7. The zero-order valence-electron chi connectivity index (χ0n) is 15.3. The number of hydrogen-bond acceptors (Lipinski definition) is 3. The van der Waals surface area contributed by atoms with Gasteiger partial charge in [0.2, 0.25) is 0 Å². The Hall–Kier alpha value is -2.73. The van der Waals surface area contributed by atoms with E-state index in [9.17, 15) is 4.79 Å². The molecule has 0 radical (unpaired) electrons. The van der Waals surface area contributed by atoms with Crippen LogP contribution in [0.25, 0.3) is 0 Å². The van der Waals surface area contributed by atoms with Gasteiger partial charge in [0.1, 0.15) is 11.9 Å². The van der Waals surface area contributed by atoms with Crippen LogP contribution in [0.2, 0.25) is 0 Å². The molecule has 2 unspecified atom stereocenters. The molecule has 1 aliphatic rings. The maximum atomic E-state index is 11.6. The number of benzene rings is 2. The molecule has 3 rings (SSSR count). The van der Waals surface area contributed by atoms with Crippen molar-refractivity contribution in [3.63, 3.8) is 0 Å². The first-order valence-corrected chi connectivity index (χ1v) is 9.02. The Morgan fingerprint density at radius 2 is 1.88 bits per heavy atom. The summed E-state index contributed by atoms with van der Waals surface area (Å²) >= 11 is 0. The Labute approximate surface area is 155 Å². The van der Waals surface area contributed by atoms with Crippen LogP contribution in [0.4, 0.5) is 0 Å². The van der Waals surface area contributed by atoms with Crippen molar-refractivity contribution in [2.75, 3.05) is 7.11 Å². The summed E-state index contributed by atoms with van der Waals surface area (Å²) < 4.78 is 11.0. The molecule has 0 bridgehead atoms. The highest BCUT2D eigenvalue weighted by Crippen LogP contribution is 2.27. The molecule has 2 aromatic carbocycles. The number of ether oxygens (including phenoxy) is 2. The summed E-state index contributed by atoms with van der Waals surface area (Å²) in [5.74, 6) is 6.44. The lowest BCUT2D eigenvalue weighted by Crippen LogP contribution is -2.25. The summed E-state index contributed by atoms with van der Waals surface area (Å²) in [6.45, 7) is 1.78. The van der Waals surface area contributed by atoms with Crippen LogP contribution >= 0.6 is 0 Å². The van der Waals surface area contributed by atoms with Crippen molar-refractivity contribution in [2.45, 2.75) is 44.6 Å². The standard InChI is InChI=1S/C23H24O3/c1-3-6-19(16-23(24)25-2)18-9-12-21(13-10-18)26-22-14-11-17-7-4-5-8-20(17)15-22/h4-5,7-10,12-13,19,22H,11,14-16H2,1-2H3. The van der Waals surface area contributed by atoms with E-state index < -0.39 is 0 Å². The highest BCUT2D eigenvalue weighted by molar-refractivity contribution is 5.71. The summed E-state index contributed by atoms with van der Waals surface area (Å²) in [5, 5.41) is 0. The van der Waals surface area contributed by atoms with E-state index in [1.807, 2.05) is 24.3 Å². The molecule has 3 heteroatoms. The quantitative estimate of drug-likeness (QED) is 0.597. The topological polar surface area (TPSA) is 35.5 Å². The summed E-state index contributed by atoms with van der Waals surface area (Å²) in [6, 6.07) is 16.5. The van der Waals surface area contributed by atoms with E-state index >= 15 is 0 Å². The monoisotopic (exact) mass is 348 g/mol. The van der Waals surface area contributed by atoms with Gasteiger partial charge >= 0.3 is 5.97 Å². The van der Waals surface area contributed by atoms with Gasteiger partial charge in [-0.3, -0.25) is 4.79 Å². The van der Waals surface area contributed by atoms with Crippen molar-refractivity contribution in [1.82, 2.24) is 0 Å². The van der Waals surface area contributed by atoms with Crippen molar-refractivity contribution in [3.8, 4) is 17.6 Å². The molecule has 0 aliphatic heterocycles. The molecule has 3 nitrogen and oxygen atoms in total. The lowest BCUT2D eigenvalue weighted by atomic mass is 9.90. The Bertz CT molecular complexity index is 811. The van der Waals surface area contributed by atoms with Gasteiger partial charge in [-0.2, -0.15) is 0 Å². The zero-order valence-corrected chi connectivity index (χ0v) is 15.3. The first-order valence-electron chi connectivity index (χ1n) is 9.02. The number of aryl methyl sites for hydroxylation is 1. The van der Waals surface area contributed by atoms with Crippen LogP contribution in [0.3, 0.4) is 0 Å². The van der Waals surface area contributed by atoms with Crippen molar-refractivity contribution >= 4 is 5.97 Å². The predicted molar refractivity (Wildman–Crippen MR) is 102 cm³/mol. The van der Waals surface area contributed by atoms with Crippen LogP contribution in [-0.4, -0.2) is 19.2 Å². The number of rotatable bonds is 5. The van der Waals surface area contributed by atoms with Gasteiger partial charge in [0, 0.05) is 6.42 Å². The van der Waals surface area contributed by atoms with E-state index in [0.717, 1.165) is 30.6 Å². The summed E-state index contributed by atoms with van der Waals surface area (Å²) in [5.41, 5.74) is 3.83. The minimum Gasteiger partial charge on any atom is -0.490 e. The highest BCUT2D eigenvalue weighted by atomic mass is 16.5. The fraction of sp³-hybridized carbons (Fsp3) is 0.348. The molecule has 134 valence electrons. The SMILES string of the molecule is CC#CC(CC(=O)OC)c1ccc(OC2CCc3ccccc3C2)cc1. The average molecular weight is 348 g/mol. The van der Waals surface area contributed by atoms with Crippen molar-refractivity contribution < 1.29 is 14.3 Å². The van der Waals surface area contributed by atoms with E-state index in [4.69, 9.17) is 9.47 Å². The Balaban J connectivity index is 1.65. The number of carbonyl (C=O) groups excluding carboxylic acids is 1. The van der Waals surface area contributed by atoms with Crippen LogP contribution in [-0.2, 0) is 22.4 Å². The van der Waals surface area contributed by atoms with Crippen LogP contribution in [0.15, 0.2) is 48.5 Å². The Morgan fingerprint density at radius 3 is 2.58 bits per heavy atom. The number of esters is 1. The van der Waals surface area contributed by atoms with Crippen LogP contribution in [0.1, 0.15) is 42.4 Å². The maximum absolute atomic E-state index is 11.6. The van der Waals surface area contributed by atoms with Gasteiger partial charge in [-0.25, -0.2) is 0 Å². The van der Waals surface area contributed by atoms with Crippen molar-refractivity contribution in [1.29, 1.82) is 0 Å². The van der Waals surface area contributed by atoms with Crippen molar-refractivity contribution in [2.24, 2.45) is 0 Å². The maximum Gasteiger partial charge on any atom is 0.307 e. The van der Waals surface area contributed by atoms with E-state index in [1.165, 1.54) is 18.2 Å². The second kappa shape index (κ2) is 8.58. The fourth-order valence-corrected chi connectivity index (χ4v) is 3.41. The Morgan fingerprint density at radius 1 is 1.15 bits per heavy atom. The molecule has 0 aromatic heterocycles. The van der Waals surface area contributed by atoms with Crippen molar-refractivity contribution in [3.05, 3.63) is 65.2 Å². The number of hydrogen-bond donors (Lipinski definition) is 0. The van der Waals surface area contributed by atoms with Gasteiger partial charge in [0.25, 0.3) is 0 Å². The zero-order chi connectivity index (χ0) is 18.4. The largest absolute Gasteiger partial charge is 0.490 e. The number of methoxy groups -OCH3 is 1. The smallest absolute Gasteiger partial charge is 0.307 e. The molecule has 26 heavy (non-hydrogen) atoms. The molecule has 0 fully saturated rings. The van der Waals surface area contributed by atoms with Gasteiger partial charge in [-0.15, -0.1) is 5.92 Å². The summed E-state index contributed by atoms with van der Waals surface area (Å²) in [7, 11) is 1.40. The third-order valence-electron chi connectivity index (χ3n) is 4.80. The third kappa shape index (κ3) is 4.46. The second-order valence-corrected chi connectivity index (χ2v) is 6.55. The van der Waals surface area contributed by atoms with Crippen LogP contribution < -0.4 is 4.74 Å². The molecule has 0 saturated carbocycles. The molecular formula is C23H24O3. The average Bonchev–Trinajstić information content (AvgIpc) is 2.68. The molecule has 2 aromatic rings. The van der Waals surface area contributed by atoms with Crippen LogP contribution in [0.5, 0.6) is 5.75 Å². The molecular weight excluding hydrogens is 324 g/mol. The van der Waals surface area contributed by atoms with Gasteiger partial charge in [-0.1, -0.05) is 42.3 Å². The first kappa shape index (κ1) is 18.1. The molecule has 2 atom stereocenters. The molecule has 0 heterocycles. The van der Waals surface area contributed by atoms with Gasteiger partial charge in [0.15, 0.2) is 0 Å². The molecule has 0 N–H and O–H groups in total. The molecule has 1 aliphatic carbocycles. The van der Waals surface area contributed by atoms with Gasteiger partial charge in [-0.05, 0) is 48.6 Å². The van der Waals surface area contributed by atoms with E-state index in [0.29, 0.717) is 0 Å². The fourth-order valence-electron chi connectivity index (χ4n) is 3.41. The van der Waals surface area contributed by atoms with E-state index in [2.05, 4.69) is 36.1 Å². The Kier molecular flexibility index (Phi) is 5.96. The van der Waals surface area contributed by atoms with Gasteiger partial charge in [0.05, 0.1) is 19.4 Å². The normalized spacial score (nSPS) is 16.6.